The van der Waals surface area contributed by atoms with E-state index in [2.05, 4.69) is 20.5 Å². The highest BCUT2D eigenvalue weighted by Gasteiger charge is 2.26. The van der Waals surface area contributed by atoms with Gasteiger partial charge in [-0.15, -0.1) is 5.10 Å². The van der Waals surface area contributed by atoms with E-state index in [1.165, 1.54) is 0 Å². The van der Waals surface area contributed by atoms with Crippen LogP contribution in [0.2, 0.25) is 0 Å². The number of nitrogens with zero attached hydrogens (tertiary/aromatic N) is 5. The number of rotatable bonds is 5. The van der Waals surface area contributed by atoms with Crippen molar-refractivity contribution in [3.05, 3.63) is 23.8 Å². The SMILES string of the molecule is CCn1nnc2cc(C(=O)N3CCN(CC(=O)NC4CC4)CC3)ccc21. The Bertz CT molecular complexity index is 820. The van der Waals surface area contributed by atoms with E-state index in [4.69, 9.17) is 0 Å². The lowest BCUT2D eigenvalue weighted by molar-refractivity contribution is -0.122. The molecular formula is C18H24N6O2. The van der Waals surface area contributed by atoms with Crippen molar-refractivity contribution in [3.8, 4) is 0 Å². The molecule has 8 nitrogen and oxygen atoms in total. The molecule has 1 aliphatic carbocycles. The van der Waals surface area contributed by atoms with Crippen LogP contribution >= 0.6 is 0 Å². The number of hydrogen-bond donors (Lipinski definition) is 1. The summed E-state index contributed by atoms with van der Waals surface area (Å²) in [5.41, 5.74) is 2.32. The van der Waals surface area contributed by atoms with Crippen LogP contribution < -0.4 is 5.32 Å². The zero-order chi connectivity index (χ0) is 18.1. The Morgan fingerprint density at radius 2 is 1.96 bits per heavy atom. The Morgan fingerprint density at radius 3 is 2.65 bits per heavy atom. The van der Waals surface area contributed by atoms with Crippen molar-refractivity contribution in [1.29, 1.82) is 0 Å². The summed E-state index contributed by atoms with van der Waals surface area (Å²) in [7, 11) is 0. The zero-order valence-corrected chi connectivity index (χ0v) is 15.0. The van der Waals surface area contributed by atoms with Crippen molar-refractivity contribution in [2.75, 3.05) is 32.7 Å². The zero-order valence-electron chi connectivity index (χ0n) is 15.0. The number of benzene rings is 1. The predicted octanol–water partition coefficient (Wildman–Crippen LogP) is 0.488. The molecular weight excluding hydrogens is 332 g/mol. The first-order valence-corrected chi connectivity index (χ1v) is 9.28. The summed E-state index contributed by atoms with van der Waals surface area (Å²) in [5.74, 6) is 0.108. The van der Waals surface area contributed by atoms with Crippen molar-refractivity contribution < 1.29 is 9.59 Å². The van der Waals surface area contributed by atoms with Gasteiger partial charge in [-0.05, 0) is 38.0 Å². The van der Waals surface area contributed by atoms with Gasteiger partial charge in [0.1, 0.15) is 5.52 Å². The average molecular weight is 356 g/mol. The standard InChI is InChI=1S/C18H24N6O2/c1-2-24-16-6-3-13(11-15(16)20-21-24)18(26)23-9-7-22(8-10-23)12-17(25)19-14-4-5-14/h3,6,11,14H,2,4-5,7-10,12H2,1H3,(H,19,25). The second-order valence-corrected chi connectivity index (χ2v) is 7.02. The maximum atomic E-state index is 12.8. The highest BCUT2D eigenvalue weighted by molar-refractivity contribution is 5.97. The van der Waals surface area contributed by atoms with E-state index >= 15 is 0 Å². The Hall–Kier alpha value is -2.48. The van der Waals surface area contributed by atoms with E-state index in [9.17, 15) is 9.59 Å². The first-order chi connectivity index (χ1) is 12.6. The normalized spacial score (nSPS) is 18.3. The van der Waals surface area contributed by atoms with Crippen molar-refractivity contribution in [2.45, 2.75) is 32.4 Å². The third-order valence-electron chi connectivity index (χ3n) is 5.03. The summed E-state index contributed by atoms with van der Waals surface area (Å²) >= 11 is 0. The highest BCUT2D eigenvalue weighted by Crippen LogP contribution is 2.19. The fourth-order valence-corrected chi connectivity index (χ4v) is 3.33. The first-order valence-electron chi connectivity index (χ1n) is 9.28. The summed E-state index contributed by atoms with van der Waals surface area (Å²) in [6.07, 6.45) is 2.20. The first kappa shape index (κ1) is 17.0. The molecule has 0 bridgehead atoms. The van der Waals surface area contributed by atoms with Crippen LogP contribution in [-0.2, 0) is 11.3 Å². The van der Waals surface area contributed by atoms with Gasteiger partial charge in [0.25, 0.3) is 5.91 Å². The topological polar surface area (TPSA) is 83.4 Å². The number of nitrogens with one attached hydrogen (secondary N) is 1. The van der Waals surface area contributed by atoms with Crippen LogP contribution in [0.5, 0.6) is 0 Å². The van der Waals surface area contributed by atoms with Crippen LogP contribution in [0.15, 0.2) is 18.2 Å². The van der Waals surface area contributed by atoms with E-state index in [1.54, 1.807) is 0 Å². The molecule has 0 atom stereocenters. The van der Waals surface area contributed by atoms with Gasteiger partial charge in [0.05, 0.1) is 12.1 Å². The quantitative estimate of drug-likeness (QED) is 0.843. The van der Waals surface area contributed by atoms with Crippen molar-refractivity contribution in [2.24, 2.45) is 0 Å². The van der Waals surface area contributed by atoms with E-state index in [1.807, 2.05) is 34.7 Å². The molecule has 2 heterocycles. The smallest absolute Gasteiger partial charge is 0.254 e. The lowest BCUT2D eigenvalue weighted by Gasteiger charge is -2.34. The molecule has 1 saturated heterocycles. The molecule has 1 aromatic carbocycles. The molecule has 0 radical (unpaired) electrons. The van der Waals surface area contributed by atoms with Gasteiger partial charge in [-0.2, -0.15) is 0 Å². The van der Waals surface area contributed by atoms with Crippen LogP contribution in [0.4, 0.5) is 0 Å². The average Bonchev–Trinajstić information content (AvgIpc) is 3.37. The van der Waals surface area contributed by atoms with E-state index in [0.29, 0.717) is 31.2 Å². The van der Waals surface area contributed by atoms with Crippen LogP contribution in [0.25, 0.3) is 11.0 Å². The molecule has 0 spiro atoms. The molecule has 1 aliphatic heterocycles. The number of carbonyl (C=O) groups excluding carboxylic acids is 2. The summed E-state index contributed by atoms with van der Waals surface area (Å²) in [5, 5.41) is 11.2. The Balaban J connectivity index is 1.35. The molecule has 8 heteroatoms. The Labute approximate surface area is 152 Å². The second-order valence-electron chi connectivity index (χ2n) is 7.02. The number of fused-ring (bicyclic) bond motifs is 1. The third kappa shape index (κ3) is 3.55. The molecule has 2 amide bonds. The summed E-state index contributed by atoms with van der Waals surface area (Å²) in [4.78, 5) is 28.6. The molecule has 1 N–H and O–H groups in total. The minimum absolute atomic E-state index is 0.0139. The number of hydrogen-bond acceptors (Lipinski definition) is 5. The number of aromatic nitrogens is 3. The van der Waals surface area contributed by atoms with Gasteiger partial charge in [-0.25, -0.2) is 4.68 Å². The number of aryl methyl sites for hydroxylation is 1. The highest BCUT2D eigenvalue weighted by atomic mass is 16.2. The maximum Gasteiger partial charge on any atom is 0.254 e. The molecule has 1 aromatic heterocycles. The molecule has 26 heavy (non-hydrogen) atoms. The lowest BCUT2D eigenvalue weighted by Crippen LogP contribution is -2.51. The second kappa shape index (κ2) is 7.03. The Morgan fingerprint density at radius 1 is 1.19 bits per heavy atom. The van der Waals surface area contributed by atoms with Crippen molar-refractivity contribution >= 4 is 22.8 Å². The molecule has 2 fully saturated rings. The monoisotopic (exact) mass is 356 g/mol. The largest absolute Gasteiger partial charge is 0.352 e. The number of amides is 2. The third-order valence-corrected chi connectivity index (χ3v) is 5.03. The van der Waals surface area contributed by atoms with E-state index in [-0.39, 0.29) is 11.8 Å². The van der Waals surface area contributed by atoms with E-state index < -0.39 is 0 Å². The fourth-order valence-electron chi connectivity index (χ4n) is 3.33. The molecule has 2 aliphatic rings. The van der Waals surface area contributed by atoms with Crippen LogP contribution in [0.1, 0.15) is 30.1 Å². The number of piperazine rings is 1. The summed E-state index contributed by atoms with van der Waals surface area (Å²) in [6.45, 7) is 5.89. The summed E-state index contributed by atoms with van der Waals surface area (Å²) in [6, 6.07) is 5.96. The van der Waals surface area contributed by atoms with Gasteiger partial charge < -0.3 is 10.2 Å². The molecule has 138 valence electrons. The molecule has 1 saturated carbocycles. The predicted molar refractivity (Wildman–Crippen MR) is 96.7 cm³/mol. The van der Waals surface area contributed by atoms with Gasteiger partial charge in [-0.1, -0.05) is 5.21 Å². The lowest BCUT2D eigenvalue weighted by atomic mass is 10.1. The van der Waals surface area contributed by atoms with E-state index in [0.717, 1.165) is 43.5 Å². The molecule has 0 unspecified atom stereocenters. The van der Waals surface area contributed by atoms with Gasteiger partial charge in [0, 0.05) is 44.3 Å². The van der Waals surface area contributed by atoms with Crippen molar-refractivity contribution in [3.63, 3.8) is 0 Å². The fraction of sp³-hybridized carbons (Fsp3) is 0.556. The van der Waals surface area contributed by atoms with Gasteiger partial charge in [0.2, 0.25) is 5.91 Å². The van der Waals surface area contributed by atoms with Gasteiger partial charge in [0.15, 0.2) is 0 Å². The molecule has 2 aromatic rings. The summed E-state index contributed by atoms with van der Waals surface area (Å²) < 4.78 is 1.81. The van der Waals surface area contributed by atoms with Gasteiger partial charge in [-0.3, -0.25) is 14.5 Å². The Kier molecular flexibility index (Phi) is 4.58. The number of carbonyl (C=O) groups is 2. The molecule has 4 rings (SSSR count). The maximum absolute atomic E-state index is 12.8. The van der Waals surface area contributed by atoms with Crippen molar-refractivity contribution in [1.82, 2.24) is 30.1 Å². The van der Waals surface area contributed by atoms with Crippen LogP contribution in [0.3, 0.4) is 0 Å². The minimum atomic E-state index is 0.0139. The minimum Gasteiger partial charge on any atom is -0.352 e. The van der Waals surface area contributed by atoms with Gasteiger partial charge >= 0.3 is 0 Å². The van der Waals surface area contributed by atoms with Crippen LogP contribution in [0, 0.1) is 0 Å². The van der Waals surface area contributed by atoms with Crippen LogP contribution in [-0.4, -0.2) is 75.4 Å².